The van der Waals surface area contributed by atoms with Crippen LogP contribution in [0.1, 0.15) is 116 Å². The van der Waals surface area contributed by atoms with Crippen LogP contribution < -0.4 is 0 Å². The molecule has 0 aromatic rings. The molecule has 0 heterocycles. The van der Waals surface area contributed by atoms with Gasteiger partial charge in [-0.25, -0.2) is 4.79 Å². The average molecular weight is 371 g/mol. The SMILES string of the molecule is CCCCOC(CCCCCCCCCCCCCCCC=O)C(=O)O. The highest BCUT2D eigenvalue weighted by molar-refractivity contribution is 5.72. The van der Waals surface area contributed by atoms with Gasteiger partial charge in [0, 0.05) is 13.0 Å². The van der Waals surface area contributed by atoms with Gasteiger partial charge in [0.05, 0.1) is 0 Å². The lowest BCUT2D eigenvalue weighted by molar-refractivity contribution is -0.151. The molecule has 0 aliphatic heterocycles. The number of unbranched alkanes of at least 4 members (excludes halogenated alkanes) is 14. The van der Waals surface area contributed by atoms with Gasteiger partial charge in [0.15, 0.2) is 6.10 Å². The van der Waals surface area contributed by atoms with Crippen molar-refractivity contribution in [3.05, 3.63) is 0 Å². The van der Waals surface area contributed by atoms with Crippen molar-refractivity contribution in [1.29, 1.82) is 0 Å². The molecule has 0 rings (SSSR count). The Kier molecular flexibility index (Phi) is 19.7. The van der Waals surface area contributed by atoms with Gasteiger partial charge in [0.25, 0.3) is 0 Å². The fourth-order valence-electron chi connectivity index (χ4n) is 3.15. The van der Waals surface area contributed by atoms with Crippen LogP contribution in [0.3, 0.4) is 0 Å². The zero-order valence-electron chi connectivity index (χ0n) is 17.1. The van der Waals surface area contributed by atoms with E-state index in [0.29, 0.717) is 13.0 Å². The molecule has 0 spiro atoms. The van der Waals surface area contributed by atoms with E-state index in [2.05, 4.69) is 6.92 Å². The lowest BCUT2D eigenvalue weighted by atomic mass is 10.0. The van der Waals surface area contributed by atoms with Gasteiger partial charge >= 0.3 is 5.97 Å². The van der Waals surface area contributed by atoms with Crippen LogP contribution in [0, 0.1) is 0 Å². The van der Waals surface area contributed by atoms with Crippen molar-refractivity contribution < 1.29 is 19.4 Å². The number of carboxylic acids is 1. The van der Waals surface area contributed by atoms with Gasteiger partial charge in [-0.3, -0.25) is 0 Å². The molecule has 4 heteroatoms. The summed E-state index contributed by atoms with van der Waals surface area (Å²) < 4.78 is 5.45. The van der Waals surface area contributed by atoms with Crippen LogP contribution in [-0.2, 0) is 14.3 Å². The number of carbonyl (C=O) groups excluding carboxylic acids is 1. The second-order valence-electron chi connectivity index (χ2n) is 7.39. The quantitative estimate of drug-likeness (QED) is 0.190. The number of aldehydes is 1. The predicted molar refractivity (Wildman–Crippen MR) is 108 cm³/mol. The molecule has 26 heavy (non-hydrogen) atoms. The Morgan fingerprint density at radius 2 is 1.27 bits per heavy atom. The molecule has 0 aromatic carbocycles. The maximum absolute atomic E-state index is 11.1. The van der Waals surface area contributed by atoms with Crippen LogP contribution >= 0.6 is 0 Å². The summed E-state index contributed by atoms with van der Waals surface area (Å²) in [6, 6.07) is 0. The Balaban J connectivity index is 3.29. The summed E-state index contributed by atoms with van der Waals surface area (Å²) in [5.74, 6) is -0.815. The normalized spacial score (nSPS) is 12.2. The van der Waals surface area contributed by atoms with Crippen LogP contribution in [0.5, 0.6) is 0 Å². The standard InChI is InChI=1S/C22H42O4/c1-2-3-20-26-21(22(24)25)18-16-14-12-10-8-6-4-5-7-9-11-13-15-17-19-23/h19,21H,2-18,20H2,1H3,(H,24,25). The van der Waals surface area contributed by atoms with E-state index in [1.165, 1.54) is 64.2 Å². The summed E-state index contributed by atoms with van der Waals surface area (Å²) in [5.41, 5.74) is 0. The van der Waals surface area contributed by atoms with Crippen molar-refractivity contribution >= 4 is 12.3 Å². The third kappa shape index (κ3) is 17.9. The first-order valence-corrected chi connectivity index (χ1v) is 11.0. The van der Waals surface area contributed by atoms with E-state index in [4.69, 9.17) is 9.84 Å². The lowest BCUT2D eigenvalue weighted by Gasteiger charge is -2.13. The number of ether oxygens (including phenoxy) is 1. The molecular formula is C22H42O4. The van der Waals surface area contributed by atoms with E-state index in [1.807, 2.05) is 0 Å². The van der Waals surface area contributed by atoms with Crippen molar-refractivity contribution in [2.24, 2.45) is 0 Å². The highest BCUT2D eigenvalue weighted by atomic mass is 16.5. The minimum atomic E-state index is -0.815. The van der Waals surface area contributed by atoms with Gasteiger partial charge < -0.3 is 14.6 Å². The van der Waals surface area contributed by atoms with Gasteiger partial charge in [0.2, 0.25) is 0 Å². The highest BCUT2D eigenvalue weighted by Gasteiger charge is 2.16. The van der Waals surface area contributed by atoms with Gasteiger partial charge in [-0.15, -0.1) is 0 Å². The number of hydrogen-bond donors (Lipinski definition) is 1. The van der Waals surface area contributed by atoms with Crippen molar-refractivity contribution in [2.75, 3.05) is 6.61 Å². The Labute approximate surface area is 161 Å². The summed E-state index contributed by atoms with van der Waals surface area (Å²) in [5, 5.41) is 9.15. The maximum atomic E-state index is 11.1. The van der Waals surface area contributed by atoms with Gasteiger partial charge in [0.1, 0.15) is 6.29 Å². The molecule has 4 nitrogen and oxygen atoms in total. The molecule has 1 atom stereocenters. The van der Waals surface area contributed by atoms with Crippen LogP contribution in [0.4, 0.5) is 0 Å². The molecule has 0 aromatic heterocycles. The number of aliphatic carboxylic acids is 1. The lowest BCUT2D eigenvalue weighted by Crippen LogP contribution is -2.24. The van der Waals surface area contributed by atoms with E-state index in [1.54, 1.807) is 0 Å². The van der Waals surface area contributed by atoms with Crippen molar-refractivity contribution in [1.82, 2.24) is 0 Å². The molecule has 1 N–H and O–H groups in total. The zero-order chi connectivity index (χ0) is 19.3. The molecule has 0 aliphatic rings. The second-order valence-corrected chi connectivity index (χ2v) is 7.39. The number of carbonyl (C=O) groups is 2. The molecule has 1 unspecified atom stereocenters. The Morgan fingerprint density at radius 3 is 1.69 bits per heavy atom. The molecule has 0 saturated heterocycles. The highest BCUT2D eigenvalue weighted by Crippen LogP contribution is 2.14. The fourth-order valence-corrected chi connectivity index (χ4v) is 3.15. The Bertz CT molecular complexity index is 317. The van der Waals surface area contributed by atoms with E-state index < -0.39 is 12.1 Å². The third-order valence-electron chi connectivity index (χ3n) is 4.88. The third-order valence-corrected chi connectivity index (χ3v) is 4.88. The minimum absolute atomic E-state index is 0.562. The zero-order valence-corrected chi connectivity index (χ0v) is 17.1. The molecular weight excluding hydrogens is 328 g/mol. The summed E-state index contributed by atoms with van der Waals surface area (Å²) in [7, 11) is 0. The summed E-state index contributed by atoms with van der Waals surface area (Å²) >= 11 is 0. The monoisotopic (exact) mass is 370 g/mol. The van der Waals surface area contributed by atoms with Crippen LogP contribution in [0.15, 0.2) is 0 Å². The van der Waals surface area contributed by atoms with Crippen molar-refractivity contribution in [2.45, 2.75) is 122 Å². The molecule has 0 aliphatic carbocycles. The first-order valence-electron chi connectivity index (χ1n) is 11.0. The van der Waals surface area contributed by atoms with E-state index in [9.17, 15) is 9.59 Å². The first kappa shape index (κ1) is 25.1. The molecule has 0 radical (unpaired) electrons. The molecule has 0 bridgehead atoms. The minimum Gasteiger partial charge on any atom is -0.479 e. The summed E-state index contributed by atoms with van der Waals surface area (Å²) in [6.45, 7) is 2.64. The van der Waals surface area contributed by atoms with Crippen molar-refractivity contribution in [3.63, 3.8) is 0 Å². The van der Waals surface area contributed by atoms with Gasteiger partial charge in [-0.1, -0.05) is 90.4 Å². The Hall–Kier alpha value is -0.900. The largest absolute Gasteiger partial charge is 0.479 e. The Morgan fingerprint density at radius 1 is 0.808 bits per heavy atom. The van der Waals surface area contributed by atoms with Gasteiger partial charge in [-0.2, -0.15) is 0 Å². The number of carboxylic acid groups (broad SMARTS) is 1. The number of rotatable bonds is 21. The second kappa shape index (κ2) is 20.4. The molecule has 154 valence electrons. The molecule has 0 saturated carbocycles. The smallest absolute Gasteiger partial charge is 0.332 e. The fraction of sp³-hybridized carbons (Fsp3) is 0.909. The molecule has 0 fully saturated rings. The van der Waals surface area contributed by atoms with Crippen LogP contribution in [-0.4, -0.2) is 30.1 Å². The number of hydrogen-bond acceptors (Lipinski definition) is 3. The van der Waals surface area contributed by atoms with Crippen LogP contribution in [0.25, 0.3) is 0 Å². The van der Waals surface area contributed by atoms with E-state index in [0.717, 1.165) is 44.8 Å². The summed E-state index contributed by atoms with van der Waals surface area (Å²) in [6.07, 6.45) is 19.7. The maximum Gasteiger partial charge on any atom is 0.332 e. The van der Waals surface area contributed by atoms with Crippen molar-refractivity contribution in [3.8, 4) is 0 Å². The molecule has 0 amide bonds. The van der Waals surface area contributed by atoms with Crippen LogP contribution in [0.2, 0.25) is 0 Å². The van der Waals surface area contributed by atoms with Gasteiger partial charge in [-0.05, 0) is 19.3 Å². The first-order chi connectivity index (χ1) is 12.7. The average Bonchev–Trinajstić information content (AvgIpc) is 2.63. The van der Waals surface area contributed by atoms with E-state index >= 15 is 0 Å². The summed E-state index contributed by atoms with van der Waals surface area (Å²) in [4.78, 5) is 21.3. The predicted octanol–water partition coefficient (Wildman–Crippen LogP) is 6.31. The topological polar surface area (TPSA) is 63.6 Å². The van der Waals surface area contributed by atoms with E-state index in [-0.39, 0.29) is 0 Å².